The Morgan fingerprint density at radius 1 is 1.10 bits per heavy atom. The number of nitrogens with one attached hydrogen (secondary N) is 1. The minimum absolute atomic E-state index is 0.0263. The summed E-state index contributed by atoms with van der Waals surface area (Å²) in [5.41, 5.74) is 0. The van der Waals surface area contributed by atoms with Crippen molar-refractivity contribution < 1.29 is 24.4 Å². The van der Waals surface area contributed by atoms with Crippen LogP contribution < -0.4 is 14.8 Å². The highest BCUT2D eigenvalue weighted by Gasteiger charge is 2.05. The highest BCUT2D eigenvalue weighted by Crippen LogP contribution is 2.17. The fourth-order valence-electron chi connectivity index (χ4n) is 1.63. The molecule has 21 heavy (non-hydrogen) atoms. The maximum absolute atomic E-state index is 9.76. The highest BCUT2D eigenvalue weighted by atomic mass is 16.5. The highest BCUT2D eigenvalue weighted by molar-refractivity contribution is 5.31. The van der Waals surface area contributed by atoms with Gasteiger partial charge in [-0.2, -0.15) is 0 Å². The third-order valence-corrected chi connectivity index (χ3v) is 2.62. The average molecular weight is 299 g/mol. The van der Waals surface area contributed by atoms with Crippen molar-refractivity contribution in [1.29, 1.82) is 0 Å². The van der Waals surface area contributed by atoms with E-state index in [9.17, 15) is 5.11 Å². The molecule has 1 rings (SSSR count). The van der Waals surface area contributed by atoms with E-state index in [1.165, 1.54) is 0 Å². The van der Waals surface area contributed by atoms with Crippen LogP contribution in [0, 0.1) is 0 Å². The second-order valence-corrected chi connectivity index (χ2v) is 4.41. The van der Waals surface area contributed by atoms with Crippen LogP contribution >= 0.6 is 0 Å². The van der Waals surface area contributed by atoms with Gasteiger partial charge in [0.15, 0.2) is 0 Å². The van der Waals surface area contributed by atoms with Crippen molar-refractivity contribution in [3.05, 3.63) is 24.3 Å². The van der Waals surface area contributed by atoms with Gasteiger partial charge in [0.25, 0.3) is 0 Å². The Bertz CT molecular complexity index is 358. The predicted molar refractivity (Wildman–Crippen MR) is 79.9 cm³/mol. The molecule has 1 aromatic rings. The molecule has 6 heteroatoms. The van der Waals surface area contributed by atoms with Gasteiger partial charge >= 0.3 is 0 Å². The first-order valence-corrected chi connectivity index (χ1v) is 7.19. The quantitative estimate of drug-likeness (QED) is 0.486. The van der Waals surface area contributed by atoms with Crippen molar-refractivity contribution in [1.82, 2.24) is 5.32 Å². The maximum atomic E-state index is 9.76. The Hall–Kier alpha value is -1.34. The second-order valence-electron chi connectivity index (χ2n) is 4.41. The molecule has 0 aromatic heterocycles. The first-order valence-electron chi connectivity index (χ1n) is 7.19. The molecule has 120 valence electrons. The van der Waals surface area contributed by atoms with Crippen molar-refractivity contribution in [2.24, 2.45) is 0 Å². The lowest BCUT2D eigenvalue weighted by molar-refractivity contribution is 0.0842. The van der Waals surface area contributed by atoms with Crippen LogP contribution in [0.3, 0.4) is 0 Å². The molecule has 0 aliphatic carbocycles. The summed E-state index contributed by atoms with van der Waals surface area (Å²) in [6, 6.07) is 7.30. The molecular formula is C15H25NO5. The van der Waals surface area contributed by atoms with Gasteiger partial charge in [-0.05, 0) is 31.2 Å². The number of ether oxygens (including phenoxy) is 3. The molecule has 0 unspecified atom stereocenters. The maximum Gasteiger partial charge on any atom is 0.119 e. The lowest BCUT2D eigenvalue weighted by Crippen LogP contribution is -2.33. The Labute approximate surface area is 125 Å². The molecule has 6 nitrogen and oxygen atoms in total. The monoisotopic (exact) mass is 299 g/mol. The van der Waals surface area contributed by atoms with Gasteiger partial charge in [0.1, 0.15) is 24.2 Å². The zero-order valence-corrected chi connectivity index (χ0v) is 12.5. The van der Waals surface area contributed by atoms with E-state index in [-0.39, 0.29) is 13.2 Å². The lowest BCUT2D eigenvalue weighted by Gasteiger charge is -2.13. The van der Waals surface area contributed by atoms with Gasteiger partial charge in [0.05, 0.1) is 26.4 Å². The molecule has 1 atom stereocenters. The number of hydrogen-bond donors (Lipinski definition) is 3. The smallest absolute Gasteiger partial charge is 0.119 e. The van der Waals surface area contributed by atoms with E-state index in [1.54, 1.807) is 0 Å². The summed E-state index contributed by atoms with van der Waals surface area (Å²) in [5, 5.41) is 21.3. The van der Waals surface area contributed by atoms with Crippen LogP contribution in [0.15, 0.2) is 24.3 Å². The molecule has 0 bridgehead atoms. The first-order chi connectivity index (χ1) is 10.3. The van der Waals surface area contributed by atoms with Gasteiger partial charge in [0.2, 0.25) is 0 Å². The molecule has 3 N–H and O–H groups in total. The van der Waals surface area contributed by atoms with Crippen LogP contribution in [0.5, 0.6) is 11.5 Å². The van der Waals surface area contributed by atoms with E-state index in [0.717, 1.165) is 5.75 Å². The Morgan fingerprint density at radius 2 is 1.76 bits per heavy atom. The number of hydrogen-bond acceptors (Lipinski definition) is 6. The molecule has 0 spiro atoms. The van der Waals surface area contributed by atoms with Crippen LogP contribution in [0.25, 0.3) is 0 Å². The fraction of sp³-hybridized carbons (Fsp3) is 0.600. The van der Waals surface area contributed by atoms with Crippen molar-refractivity contribution in [3.63, 3.8) is 0 Å². The van der Waals surface area contributed by atoms with Crippen molar-refractivity contribution >= 4 is 0 Å². The molecular weight excluding hydrogens is 274 g/mol. The van der Waals surface area contributed by atoms with Crippen molar-refractivity contribution in [2.45, 2.75) is 13.0 Å². The summed E-state index contributed by atoms with van der Waals surface area (Å²) in [5.74, 6) is 1.50. The van der Waals surface area contributed by atoms with Gasteiger partial charge < -0.3 is 29.7 Å². The molecule has 0 amide bonds. The van der Waals surface area contributed by atoms with E-state index in [4.69, 9.17) is 19.3 Å². The molecule has 0 aliphatic heterocycles. The largest absolute Gasteiger partial charge is 0.494 e. The van der Waals surface area contributed by atoms with E-state index < -0.39 is 6.10 Å². The summed E-state index contributed by atoms with van der Waals surface area (Å²) >= 11 is 0. The molecule has 1 aromatic carbocycles. The topological polar surface area (TPSA) is 80.2 Å². The van der Waals surface area contributed by atoms with Crippen molar-refractivity contribution in [2.75, 3.05) is 46.1 Å². The van der Waals surface area contributed by atoms with E-state index in [1.807, 2.05) is 31.2 Å². The minimum Gasteiger partial charge on any atom is -0.494 e. The number of rotatable bonds is 12. The minimum atomic E-state index is -0.589. The van der Waals surface area contributed by atoms with E-state index in [2.05, 4.69) is 5.32 Å². The molecule has 0 saturated carbocycles. The fourth-order valence-corrected chi connectivity index (χ4v) is 1.63. The zero-order valence-electron chi connectivity index (χ0n) is 12.5. The van der Waals surface area contributed by atoms with Gasteiger partial charge in [-0.3, -0.25) is 0 Å². The van der Waals surface area contributed by atoms with Gasteiger partial charge in [-0.15, -0.1) is 0 Å². The van der Waals surface area contributed by atoms with Gasteiger partial charge in [-0.1, -0.05) is 0 Å². The average Bonchev–Trinajstić information content (AvgIpc) is 2.50. The molecule has 0 aliphatic rings. The summed E-state index contributed by atoms with van der Waals surface area (Å²) in [4.78, 5) is 0. The number of aliphatic hydroxyl groups excluding tert-OH is 2. The Balaban J connectivity index is 2.10. The molecule has 0 fully saturated rings. The van der Waals surface area contributed by atoms with Crippen molar-refractivity contribution in [3.8, 4) is 11.5 Å². The predicted octanol–water partition coefficient (Wildman–Crippen LogP) is 0.423. The van der Waals surface area contributed by atoms with Crippen LogP contribution in [-0.4, -0.2) is 62.4 Å². The third kappa shape index (κ3) is 8.52. The molecule has 0 saturated heterocycles. The third-order valence-electron chi connectivity index (χ3n) is 2.62. The normalized spacial score (nSPS) is 12.1. The lowest BCUT2D eigenvalue weighted by atomic mass is 10.3. The second kappa shape index (κ2) is 11.3. The van der Waals surface area contributed by atoms with Gasteiger partial charge in [-0.25, -0.2) is 0 Å². The van der Waals surface area contributed by atoms with Gasteiger partial charge in [0, 0.05) is 13.1 Å². The summed E-state index contributed by atoms with van der Waals surface area (Å²) < 4.78 is 15.9. The Kier molecular flexibility index (Phi) is 9.56. The summed E-state index contributed by atoms with van der Waals surface area (Å²) in [6.45, 7) is 4.71. The molecule has 0 heterocycles. The standard InChI is InChI=1S/C15H25NO5/c1-2-20-14-3-5-15(6-4-14)21-12-13(18)11-16-7-9-19-10-8-17/h3-6,13,16-18H,2,7-12H2,1H3/t13-/m0/s1. The first kappa shape index (κ1) is 17.7. The van der Waals surface area contributed by atoms with E-state index >= 15 is 0 Å². The SMILES string of the molecule is CCOc1ccc(OC[C@@H](O)CNCCOCCO)cc1. The Morgan fingerprint density at radius 3 is 2.38 bits per heavy atom. The molecule has 0 radical (unpaired) electrons. The van der Waals surface area contributed by atoms with Crippen LogP contribution in [-0.2, 0) is 4.74 Å². The number of benzene rings is 1. The zero-order chi connectivity index (χ0) is 15.3. The van der Waals surface area contributed by atoms with Crippen LogP contribution in [0.2, 0.25) is 0 Å². The number of aliphatic hydroxyl groups is 2. The van der Waals surface area contributed by atoms with E-state index in [0.29, 0.717) is 38.7 Å². The summed E-state index contributed by atoms with van der Waals surface area (Å²) in [7, 11) is 0. The van der Waals surface area contributed by atoms with Crippen LogP contribution in [0.4, 0.5) is 0 Å². The van der Waals surface area contributed by atoms with Crippen LogP contribution in [0.1, 0.15) is 6.92 Å². The summed E-state index contributed by atoms with van der Waals surface area (Å²) in [6.07, 6.45) is -0.589.